The number of carbonyl (C=O) groups excluding carboxylic acids is 3. The molecule has 2 aliphatic heterocycles. The highest BCUT2D eigenvalue weighted by Gasteiger charge is 2.32. The number of piperidine rings is 1. The number of esters is 1. The zero-order valence-electron chi connectivity index (χ0n) is 18.0. The third-order valence-electron chi connectivity index (χ3n) is 6.14. The molecule has 2 aromatic rings. The first-order valence-corrected chi connectivity index (χ1v) is 12.0. The predicted molar refractivity (Wildman–Crippen MR) is 124 cm³/mol. The number of amides is 2. The summed E-state index contributed by atoms with van der Waals surface area (Å²) in [6.45, 7) is 1.52. The Labute approximate surface area is 192 Å². The van der Waals surface area contributed by atoms with Crippen molar-refractivity contribution in [2.75, 3.05) is 26.2 Å². The number of likely N-dealkylation sites (tertiary alicyclic amines) is 2. The summed E-state index contributed by atoms with van der Waals surface area (Å²) in [4.78, 5) is 42.3. The molecular formula is C25H28N2O4S. The first-order chi connectivity index (χ1) is 15.6. The van der Waals surface area contributed by atoms with E-state index in [1.165, 1.54) is 4.88 Å². The molecular weight excluding hydrogens is 424 g/mol. The van der Waals surface area contributed by atoms with Crippen molar-refractivity contribution >= 4 is 35.2 Å². The highest BCUT2D eigenvalue weighted by atomic mass is 32.1. The fourth-order valence-electron chi connectivity index (χ4n) is 4.35. The molecule has 32 heavy (non-hydrogen) atoms. The lowest BCUT2D eigenvalue weighted by Crippen LogP contribution is -2.40. The summed E-state index contributed by atoms with van der Waals surface area (Å²) in [7, 11) is 0. The maximum atomic E-state index is 12.7. The van der Waals surface area contributed by atoms with Crippen LogP contribution in [-0.4, -0.2) is 53.8 Å². The second kappa shape index (κ2) is 10.6. The number of hydrogen-bond donors (Lipinski definition) is 0. The molecule has 2 aliphatic rings. The van der Waals surface area contributed by atoms with Crippen LogP contribution >= 0.6 is 11.3 Å². The summed E-state index contributed by atoms with van der Waals surface area (Å²) in [6.07, 6.45) is 6.40. The van der Waals surface area contributed by atoms with Crippen LogP contribution in [-0.2, 0) is 19.1 Å². The third-order valence-corrected chi connectivity index (χ3v) is 7.11. The molecule has 0 aliphatic carbocycles. The number of hydrogen-bond acceptors (Lipinski definition) is 5. The molecule has 0 spiro atoms. The molecule has 168 valence electrons. The van der Waals surface area contributed by atoms with E-state index in [0.717, 1.165) is 18.4 Å². The average Bonchev–Trinajstić information content (AvgIpc) is 3.53. The van der Waals surface area contributed by atoms with E-state index in [1.54, 1.807) is 28.4 Å². The summed E-state index contributed by atoms with van der Waals surface area (Å²) >= 11 is 1.65. The summed E-state index contributed by atoms with van der Waals surface area (Å²) in [5, 5.41) is 2.02. The summed E-state index contributed by atoms with van der Waals surface area (Å²) < 4.78 is 5.38. The first kappa shape index (κ1) is 22.3. The molecule has 3 heterocycles. The van der Waals surface area contributed by atoms with Crippen LogP contribution in [0, 0.1) is 5.92 Å². The van der Waals surface area contributed by atoms with Crippen LogP contribution in [0.2, 0.25) is 0 Å². The first-order valence-electron chi connectivity index (χ1n) is 11.1. The lowest BCUT2D eigenvalue weighted by atomic mass is 9.97. The standard InChI is InChI=1S/C25H28N2O4S/c28-23(11-10-19-6-2-1-3-7-19)26-15-12-20(13-16-26)25(30)31-18-24(29)27-14-4-8-21(27)22-9-5-17-32-22/h1-3,5-7,9-11,17,20-21H,4,8,12-16,18H2/b11-10+. The topological polar surface area (TPSA) is 66.9 Å². The Balaban J connectivity index is 1.21. The van der Waals surface area contributed by atoms with Crippen molar-refractivity contribution in [2.45, 2.75) is 31.7 Å². The maximum Gasteiger partial charge on any atom is 0.309 e. The molecule has 1 aromatic carbocycles. The predicted octanol–water partition coefficient (Wildman–Crippen LogP) is 3.91. The highest BCUT2D eigenvalue weighted by molar-refractivity contribution is 7.10. The number of ether oxygens (including phenoxy) is 1. The summed E-state index contributed by atoms with van der Waals surface area (Å²) in [6, 6.07) is 13.8. The fourth-order valence-corrected chi connectivity index (χ4v) is 5.22. The van der Waals surface area contributed by atoms with E-state index in [2.05, 4.69) is 6.07 Å². The Hall–Kier alpha value is -2.93. The molecule has 1 unspecified atom stereocenters. The second-order valence-electron chi connectivity index (χ2n) is 8.21. The molecule has 2 amide bonds. The lowest BCUT2D eigenvalue weighted by Gasteiger charge is -2.30. The van der Waals surface area contributed by atoms with Crippen LogP contribution in [0.15, 0.2) is 53.9 Å². The van der Waals surface area contributed by atoms with Crippen molar-refractivity contribution in [2.24, 2.45) is 5.92 Å². The highest BCUT2D eigenvalue weighted by Crippen LogP contribution is 2.34. The van der Waals surface area contributed by atoms with E-state index >= 15 is 0 Å². The van der Waals surface area contributed by atoms with Gasteiger partial charge >= 0.3 is 5.97 Å². The van der Waals surface area contributed by atoms with Gasteiger partial charge < -0.3 is 14.5 Å². The number of nitrogens with zero attached hydrogens (tertiary/aromatic N) is 2. The largest absolute Gasteiger partial charge is 0.455 e. The van der Waals surface area contributed by atoms with Gasteiger partial charge in [-0.2, -0.15) is 0 Å². The van der Waals surface area contributed by atoms with E-state index in [0.29, 0.717) is 32.5 Å². The molecule has 0 N–H and O–H groups in total. The molecule has 1 atom stereocenters. The van der Waals surface area contributed by atoms with E-state index in [1.807, 2.05) is 46.7 Å². The Morgan fingerprint density at radius 1 is 1.00 bits per heavy atom. The molecule has 2 fully saturated rings. The monoisotopic (exact) mass is 452 g/mol. The van der Waals surface area contributed by atoms with E-state index in [4.69, 9.17) is 4.74 Å². The number of thiophene rings is 1. The number of benzene rings is 1. The molecule has 6 nitrogen and oxygen atoms in total. The Bertz CT molecular complexity index is 950. The summed E-state index contributed by atoms with van der Waals surface area (Å²) in [5.74, 6) is -0.786. The van der Waals surface area contributed by atoms with Crippen LogP contribution in [0.3, 0.4) is 0 Å². The molecule has 2 saturated heterocycles. The van der Waals surface area contributed by atoms with Gasteiger partial charge in [-0.15, -0.1) is 11.3 Å². The van der Waals surface area contributed by atoms with Gasteiger partial charge in [0.1, 0.15) is 0 Å². The minimum Gasteiger partial charge on any atom is -0.455 e. The summed E-state index contributed by atoms with van der Waals surface area (Å²) in [5.41, 5.74) is 0.975. The van der Waals surface area contributed by atoms with E-state index in [-0.39, 0.29) is 36.4 Å². The normalized spacial score (nSPS) is 19.4. The molecule has 0 saturated carbocycles. The van der Waals surface area contributed by atoms with Crippen molar-refractivity contribution in [1.29, 1.82) is 0 Å². The van der Waals surface area contributed by atoms with Crippen molar-refractivity contribution < 1.29 is 19.1 Å². The Morgan fingerprint density at radius 3 is 2.50 bits per heavy atom. The minimum atomic E-state index is -0.336. The molecule has 7 heteroatoms. The van der Waals surface area contributed by atoms with Crippen molar-refractivity contribution in [3.8, 4) is 0 Å². The molecule has 0 bridgehead atoms. The van der Waals surface area contributed by atoms with Crippen molar-refractivity contribution in [3.05, 3.63) is 64.4 Å². The number of carbonyl (C=O) groups is 3. The fraction of sp³-hybridized carbons (Fsp3) is 0.400. The van der Waals surface area contributed by atoms with Gasteiger partial charge in [-0.1, -0.05) is 36.4 Å². The van der Waals surface area contributed by atoms with Crippen LogP contribution in [0.4, 0.5) is 0 Å². The molecule has 4 rings (SSSR count). The van der Waals surface area contributed by atoms with E-state index in [9.17, 15) is 14.4 Å². The molecule has 1 aromatic heterocycles. The number of rotatable bonds is 6. The van der Waals surface area contributed by atoms with Gasteiger partial charge in [-0.25, -0.2) is 0 Å². The van der Waals surface area contributed by atoms with Crippen molar-refractivity contribution in [1.82, 2.24) is 9.80 Å². The second-order valence-corrected chi connectivity index (χ2v) is 9.19. The van der Waals surface area contributed by atoms with Gasteiger partial charge in [0.25, 0.3) is 5.91 Å². The van der Waals surface area contributed by atoms with Crippen LogP contribution in [0.1, 0.15) is 42.2 Å². The van der Waals surface area contributed by atoms with Crippen molar-refractivity contribution in [3.63, 3.8) is 0 Å². The van der Waals surface area contributed by atoms with E-state index < -0.39 is 0 Å². The zero-order valence-corrected chi connectivity index (χ0v) is 18.8. The Kier molecular flexibility index (Phi) is 7.37. The van der Waals surface area contributed by atoms with Gasteiger partial charge in [0, 0.05) is 30.6 Å². The quantitative estimate of drug-likeness (QED) is 0.492. The van der Waals surface area contributed by atoms with Crippen LogP contribution < -0.4 is 0 Å². The average molecular weight is 453 g/mol. The Morgan fingerprint density at radius 2 is 1.78 bits per heavy atom. The third kappa shape index (κ3) is 5.46. The zero-order chi connectivity index (χ0) is 22.3. The SMILES string of the molecule is O=C(OCC(=O)N1CCCC1c1cccs1)C1CCN(C(=O)/C=C/c2ccccc2)CC1. The smallest absolute Gasteiger partial charge is 0.309 e. The van der Waals surface area contributed by atoms with Crippen LogP contribution in [0.5, 0.6) is 0 Å². The van der Waals surface area contributed by atoms with Crippen LogP contribution in [0.25, 0.3) is 6.08 Å². The minimum absolute atomic E-state index is 0.0514. The van der Waals surface area contributed by atoms with Gasteiger partial charge in [0.2, 0.25) is 5.91 Å². The molecule has 0 radical (unpaired) electrons. The van der Waals surface area contributed by atoms with Gasteiger partial charge in [0.05, 0.1) is 12.0 Å². The maximum absolute atomic E-state index is 12.7. The van der Waals surface area contributed by atoms with Gasteiger partial charge in [-0.3, -0.25) is 14.4 Å². The van der Waals surface area contributed by atoms with Gasteiger partial charge in [-0.05, 0) is 48.8 Å². The van der Waals surface area contributed by atoms with Gasteiger partial charge in [0.15, 0.2) is 6.61 Å². The lowest BCUT2D eigenvalue weighted by molar-refractivity contribution is -0.157.